The molecule has 1 atom stereocenters. The van der Waals surface area contributed by atoms with Crippen molar-refractivity contribution in [3.8, 4) is 0 Å². The van der Waals surface area contributed by atoms with E-state index >= 15 is 0 Å². The summed E-state index contributed by atoms with van der Waals surface area (Å²) in [5.41, 5.74) is -0.0686. The highest BCUT2D eigenvalue weighted by atomic mass is 35.5. The van der Waals surface area contributed by atoms with Gasteiger partial charge in [0, 0.05) is 4.90 Å². The average molecular weight is 331 g/mol. The zero-order valence-corrected chi connectivity index (χ0v) is 12.4. The molecule has 0 amide bonds. The van der Waals surface area contributed by atoms with Crippen LogP contribution in [0.25, 0.3) is 0 Å². The number of ketones is 1. The molecular formula is C14H9Cl2FO2S. The van der Waals surface area contributed by atoms with E-state index in [0.717, 1.165) is 0 Å². The molecule has 20 heavy (non-hydrogen) atoms. The van der Waals surface area contributed by atoms with E-state index in [9.17, 15) is 13.4 Å². The monoisotopic (exact) mass is 330 g/mol. The number of benzene rings is 2. The zero-order chi connectivity index (χ0) is 14.7. The maximum absolute atomic E-state index is 13.5. The maximum atomic E-state index is 13.5. The molecule has 0 bridgehead atoms. The van der Waals surface area contributed by atoms with Gasteiger partial charge in [0.25, 0.3) is 0 Å². The molecule has 0 fully saturated rings. The Morgan fingerprint density at radius 1 is 1.10 bits per heavy atom. The minimum Gasteiger partial charge on any atom is -0.293 e. The molecule has 0 saturated carbocycles. The van der Waals surface area contributed by atoms with Gasteiger partial charge in [0.05, 0.1) is 32.2 Å². The second kappa shape index (κ2) is 6.48. The van der Waals surface area contributed by atoms with Gasteiger partial charge in [0.1, 0.15) is 5.82 Å². The van der Waals surface area contributed by atoms with E-state index in [4.69, 9.17) is 23.2 Å². The van der Waals surface area contributed by atoms with Crippen molar-refractivity contribution in [2.75, 3.05) is 5.75 Å². The van der Waals surface area contributed by atoms with Crippen LogP contribution < -0.4 is 0 Å². The molecule has 6 heteroatoms. The van der Waals surface area contributed by atoms with Gasteiger partial charge in [-0.25, -0.2) is 4.39 Å². The molecule has 0 N–H and O–H groups in total. The molecule has 2 aromatic rings. The van der Waals surface area contributed by atoms with Crippen LogP contribution >= 0.6 is 23.2 Å². The van der Waals surface area contributed by atoms with E-state index < -0.39 is 22.4 Å². The third-order valence-electron chi connectivity index (χ3n) is 2.59. The molecule has 2 nitrogen and oxygen atoms in total. The number of carbonyl (C=O) groups is 1. The number of carbonyl (C=O) groups excluding carboxylic acids is 1. The van der Waals surface area contributed by atoms with Crippen molar-refractivity contribution in [1.29, 1.82) is 0 Å². The molecule has 0 radical (unpaired) electrons. The molecule has 0 aliphatic rings. The summed E-state index contributed by atoms with van der Waals surface area (Å²) in [5.74, 6) is -1.45. The van der Waals surface area contributed by atoms with E-state index in [1.807, 2.05) is 0 Å². The van der Waals surface area contributed by atoms with Gasteiger partial charge < -0.3 is 0 Å². The van der Waals surface area contributed by atoms with Crippen LogP contribution in [0.15, 0.2) is 47.4 Å². The minimum absolute atomic E-state index is 0.0686. The summed E-state index contributed by atoms with van der Waals surface area (Å²) >= 11 is 11.6. The summed E-state index contributed by atoms with van der Waals surface area (Å²) < 4.78 is 25.5. The summed E-state index contributed by atoms with van der Waals surface area (Å²) in [4.78, 5) is 12.3. The molecule has 0 saturated heterocycles. The topological polar surface area (TPSA) is 34.1 Å². The lowest BCUT2D eigenvalue weighted by molar-refractivity contribution is 0.101. The minimum atomic E-state index is -1.60. The fourth-order valence-electron chi connectivity index (χ4n) is 1.59. The first-order chi connectivity index (χ1) is 9.49. The van der Waals surface area contributed by atoms with E-state index in [0.29, 0.717) is 9.92 Å². The Labute approximate surface area is 128 Å². The zero-order valence-electron chi connectivity index (χ0n) is 10.1. The first-order valence-corrected chi connectivity index (χ1v) is 7.67. The van der Waals surface area contributed by atoms with Crippen LogP contribution in [0.5, 0.6) is 0 Å². The average Bonchev–Trinajstić information content (AvgIpc) is 2.42. The fraction of sp³-hybridized carbons (Fsp3) is 0.0714. The molecule has 2 rings (SSSR count). The highest BCUT2D eigenvalue weighted by Gasteiger charge is 2.16. The van der Waals surface area contributed by atoms with Crippen LogP contribution in [0.1, 0.15) is 10.4 Å². The first kappa shape index (κ1) is 15.2. The molecule has 0 aliphatic heterocycles. The molecule has 0 aliphatic carbocycles. The number of rotatable bonds is 4. The summed E-state index contributed by atoms with van der Waals surface area (Å²) in [7, 11) is -1.60. The maximum Gasteiger partial charge on any atom is 0.178 e. The summed E-state index contributed by atoms with van der Waals surface area (Å²) in [6, 6.07) is 10.1. The fourth-order valence-corrected chi connectivity index (χ4v) is 2.98. The number of halogens is 3. The van der Waals surface area contributed by atoms with Crippen molar-refractivity contribution >= 4 is 39.8 Å². The highest BCUT2D eigenvalue weighted by Crippen LogP contribution is 2.24. The van der Waals surface area contributed by atoms with Crippen molar-refractivity contribution in [3.05, 3.63) is 63.9 Å². The van der Waals surface area contributed by atoms with Crippen molar-refractivity contribution in [2.24, 2.45) is 0 Å². The van der Waals surface area contributed by atoms with Crippen molar-refractivity contribution in [2.45, 2.75) is 4.90 Å². The Morgan fingerprint density at radius 3 is 2.45 bits per heavy atom. The predicted molar refractivity (Wildman–Crippen MR) is 78.5 cm³/mol. The van der Waals surface area contributed by atoms with Crippen molar-refractivity contribution in [3.63, 3.8) is 0 Å². The number of hydrogen-bond donors (Lipinski definition) is 0. The van der Waals surface area contributed by atoms with E-state index in [1.54, 1.807) is 6.07 Å². The van der Waals surface area contributed by atoms with Crippen LogP contribution in [0, 0.1) is 5.82 Å². The molecule has 0 aromatic heterocycles. The van der Waals surface area contributed by atoms with Crippen LogP contribution in [0.4, 0.5) is 4.39 Å². The van der Waals surface area contributed by atoms with Crippen molar-refractivity contribution < 1.29 is 13.4 Å². The van der Waals surface area contributed by atoms with Gasteiger partial charge in [-0.15, -0.1) is 0 Å². The van der Waals surface area contributed by atoms with Gasteiger partial charge in [-0.1, -0.05) is 35.3 Å². The lowest BCUT2D eigenvalue weighted by Gasteiger charge is -2.04. The molecule has 104 valence electrons. The lowest BCUT2D eigenvalue weighted by Crippen LogP contribution is -2.12. The summed E-state index contributed by atoms with van der Waals surface area (Å²) in [6.45, 7) is 0. The summed E-state index contributed by atoms with van der Waals surface area (Å²) in [6.07, 6.45) is 0. The van der Waals surface area contributed by atoms with Crippen LogP contribution in [-0.4, -0.2) is 15.7 Å². The Bertz CT molecular complexity index is 689. The van der Waals surface area contributed by atoms with Crippen LogP contribution in [0.2, 0.25) is 10.0 Å². The molecule has 2 aromatic carbocycles. The standard InChI is InChI=1S/C14H9Cl2FO2S/c15-11-6-5-9(7-12(11)16)20(19)8-14(18)10-3-1-2-4-13(10)17/h1-7H,8H2. The second-order valence-electron chi connectivity index (χ2n) is 3.97. The van der Waals surface area contributed by atoms with Gasteiger partial charge in [-0.05, 0) is 30.3 Å². The van der Waals surface area contributed by atoms with Crippen molar-refractivity contribution in [1.82, 2.24) is 0 Å². The Kier molecular flexibility index (Phi) is 4.91. The van der Waals surface area contributed by atoms with Gasteiger partial charge in [0.2, 0.25) is 0 Å². The number of Topliss-reactive ketones (excluding diaryl/α,β-unsaturated/α-hetero) is 1. The van der Waals surface area contributed by atoms with Gasteiger partial charge in [0.15, 0.2) is 5.78 Å². The first-order valence-electron chi connectivity index (χ1n) is 5.60. The summed E-state index contributed by atoms with van der Waals surface area (Å²) in [5, 5.41) is 0.601. The Hall–Kier alpha value is -1.23. The molecular weight excluding hydrogens is 322 g/mol. The quantitative estimate of drug-likeness (QED) is 0.790. The lowest BCUT2D eigenvalue weighted by atomic mass is 10.1. The van der Waals surface area contributed by atoms with Crippen LogP contribution in [-0.2, 0) is 10.8 Å². The Morgan fingerprint density at radius 2 is 1.80 bits per heavy atom. The molecule has 0 heterocycles. The SMILES string of the molecule is O=C(CS(=O)c1ccc(Cl)c(Cl)c1)c1ccccc1F. The predicted octanol–water partition coefficient (Wildman–Crippen LogP) is 4.12. The Balaban J connectivity index is 2.17. The van der Waals surface area contributed by atoms with E-state index in [1.165, 1.54) is 36.4 Å². The largest absolute Gasteiger partial charge is 0.293 e. The van der Waals surface area contributed by atoms with E-state index in [-0.39, 0.29) is 16.3 Å². The normalized spacial score (nSPS) is 12.2. The third-order valence-corrected chi connectivity index (χ3v) is 4.63. The van der Waals surface area contributed by atoms with Gasteiger partial charge in [-0.3, -0.25) is 9.00 Å². The van der Waals surface area contributed by atoms with Crippen LogP contribution in [0.3, 0.4) is 0 Å². The smallest absolute Gasteiger partial charge is 0.178 e. The molecule has 1 unspecified atom stereocenters. The highest BCUT2D eigenvalue weighted by molar-refractivity contribution is 7.85. The van der Waals surface area contributed by atoms with E-state index in [2.05, 4.69) is 0 Å². The second-order valence-corrected chi connectivity index (χ2v) is 6.23. The van der Waals surface area contributed by atoms with Gasteiger partial charge in [-0.2, -0.15) is 0 Å². The van der Waals surface area contributed by atoms with Gasteiger partial charge >= 0.3 is 0 Å². The third kappa shape index (κ3) is 3.45. The number of hydrogen-bond acceptors (Lipinski definition) is 2. The molecule has 0 spiro atoms.